The summed E-state index contributed by atoms with van der Waals surface area (Å²) in [4.78, 5) is 19.1. The van der Waals surface area contributed by atoms with E-state index in [1.165, 1.54) is 10.8 Å². The van der Waals surface area contributed by atoms with Gasteiger partial charge in [-0.25, -0.2) is 15.0 Å². The van der Waals surface area contributed by atoms with Gasteiger partial charge in [-0.2, -0.15) is 0 Å². The Morgan fingerprint density at radius 1 is 0.610 bits per heavy atom. The molecule has 0 fully saturated rings. The summed E-state index contributed by atoms with van der Waals surface area (Å²) in [5.41, 5.74) is 8.09. The fourth-order valence-electron chi connectivity index (χ4n) is 4.96. The Hall–Kier alpha value is -5.48. The monoisotopic (exact) mass is 528 g/mol. The summed E-state index contributed by atoms with van der Waals surface area (Å²) in [6.45, 7) is 9.82. The number of allylic oxidation sites excluding steroid dienone is 4. The fourth-order valence-corrected chi connectivity index (χ4v) is 4.96. The highest BCUT2D eigenvalue weighted by Gasteiger charge is 2.13. The van der Waals surface area contributed by atoms with Crippen LogP contribution >= 0.6 is 0 Å². The van der Waals surface area contributed by atoms with E-state index in [0.29, 0.717) is 17.5 Å². The molecule has 0 N–H and O–H groups in total. The first kappa shape index (κ1) is 25.8. The maximum absolute atomic E-state index is 4.86. The molecule has 0 spiro atoms. The summed E-state index contributed by atoms with van der Waals surface area (Å²) in [5.74, 6) is 1.76. The lowest BCUT2D eigenvalue weighted by Gasteiger charge is -2.11. The Morgan fingerprint density at radius 2 is 1.24 bits per heavy atom. The van der Waals surface area contributed by atoms with Gasteiger partial charge in [0, 0.05) is 39.5 Å². The van der Waals surface area contributed by atoms with Crippen molar-refractivity contribution < 1.29 is 0 Å². The first-order chi connectivity index (χ1) is 20.1. The van der Waals surface area contributed by atoms with Gasteiger partial charge < -0.3 is 0 Å². The minimum Gasteiger partial charge on any atom is -0.260 e. The summed E-state index contributed by atoms with van der Waals surface area (Å²) >= 11 is 0. The zero-order valence-corrected chi connectivity index (χ0v) is 22.8. The van der Waals surface area contributed by atoms with Gasteiger partial charge in [0.25, 0.3) is 0 Å². The van der Waals surface area contributed by atoms with Crippen LogP contribution in [0.25, 0.3) is 61.4 Å². The molecule has 4 aromatic carbocycles. The highest BCUT2D eigenvalue weighted by molar-refractivity contribution is 5.97. The summed E-state index contributed by atoms with van der Waals surface area (Å²) < 4.78 is 0. The van der Waals surface area contributed by atoms with Crippen LogP contribution in [0.5, 0.6) is 0 Å². The number of rotatable bonds is 7. The van der Waals surface area contributed by atoms with Crippen LogP contribution in [0.1, 0.15) is 11.5 Å². The largest absolute Gasteiger partial charge is 0.260 e. The van der Waals surface area contributed by atoms with Crippen molar-refractivity contribution in [1.82, 2.24) is 19.9 Å². The number of aromatic nitrogens is 4. The first-order valence-corrected chi connectivity index (χ1v) is 13.5. The molecule has 6 rings (SSSR count). The second-order valence-corrected chi connectivity index (χ2v) is 9.70. The van der Waals surface area contributed by atoms with E-state index in [0.717, 1.165) is 44.6 Å². The van der Waals surface area contributed by atoms with E-state index >= 15 is 0 Å². The Balaban J connectivity index is 1.40. The quantitative estimate of drug-likeness (QED) is 0.194. The first-order valence-electron chi connectivity index (χ1n) is 13.5. The van der Waals surface area contributed by atoms with Gasteiger partial charge in [-0.05, 0) is 35.1 Å². The number of pyridine rings is 1. The lowest BCUT2D eigenvalue weighted by molar-refractivity contribution is 1.04. The second-order valence-electron chi connectivity index (χ2n) is 9.70. The van der Waals surface area contributed by atoms with Crippen LogP contribution in [0.3, 0.4) is 0 Å². The molecule has 0 unspecified atom stereocenters. The van der Waals surface area contributed by atoms with E-state index < -0.39 is 0 Å². The average molecular weight is 529 g/mol. The number of hydrogen-bond donors (Lipinski definition) is 0. The van der Waals surface area contributed by atoms with Crippen LogP contribution in [0.2, 0.25) is 0 Å². The predicted octanol–water partition coefficient (Wildman–Crippen LogP) is 9.15. The summed E-state index contributed by atoms with van der Waals surface area (Å²) in [7, 11) is 0. The van der Waals surface area contributed by atoms with Crippen LogP contribution in [0, 0.1) is 6.92 Å². The van der Waals surface area contributed by atoms with Gasteiger partial charge in [0.15, 0.2) is 17.5 Å². The Bertz CT molecular complexity index is 1920. The number of nitrogens with zero attached hydrogens (tertiary/aromatic N) is 4. The molecule has 0 radical (unpaired) electrons. The fraction of sp³-hybridized carbons (Fsp3) is 0.0270. The molecular formula is C37H28N4. The highest BCUT2D eigenvalue weighted by Crippen LogP contribution is 2.32. The topological polar surface area (TPSA) is 51.6 Å². The van der Waals surface area contributed by atoms with Crippen molar-refractivity contribution in [2.75, 3.05) is 0 Å². The third-order valence-corrected chi connectivity index (χ3v) is 7.09. The maximum Gasteiger partial charge on any atom is 0.164 e. The Kier molecular flexibility index (Phi) is 7.12. The predicted molar refractivity (Wildman–Crippen MR) is 170 cm³/mol. The molecule has 0 aliphatic carbocycles. The minimum absolute atomic E-state index is 0.553. The van der Waals surface area contributed by atoms with E-state index in [-0.39, 0.29) is 0 Å². The summed E-state index contributed by atoms with van der Waals surface area (Å²) in [6.07, 6.45) is 7.27. The van der Waals surface area contributed by atoms with E-state index in [9.17, 15) is 0 Å². The van der Waals surface area contributed by atoms with E-state index in [2.05, 4.69) is 85.7 Å². The molecule has 196 valence electrons. The van der Waals surface area contributed by atoms with Crippen LogP contribution < -0.4 is 0 Å². The molecule has 0 aliphatic rings. The van der Waals surface area contributed by atoms with Crippen molar-refractivity contribution in [3.8, 4) is 45.0 Å². The molecule has 6 aromatic rings. The van der Waals surface area contributed by atoms with Crippen molar-refractivity contribution in [3.05, 3.63) is 152 Å². The Morgan fingerprint density at radius 3 is 1.98 bits per heavy atom. The Labute approximate surface area is 240 Å². The van der Waals surface area contributed by atoms with Crippen molar-refractivity contribution in [2.24, 2.45) is 0 Å². The van der Waals surface area contributed by atoms with Crippen molar-refractivity contribution in [1.29, 1.82) is 0 Å². The van der Waals surface area contributed by atoms with E-state index in [4.69, 9.17) is 15.0 Å². The van der Waals surface area contributed by atoms with Crippen molar-refractivity contribution in [2.45, 2.75) is 6.92 Å². The normalized spacial score (nSPS) is 11.4. The van der Waals surface area contributed by atoms with Gasteiger partial charge in [0.2, 0.25) is 0 Å². The molecule has 0 amide bonds. The smallest absolute Gasteiger partial charge is 0.164 e. The van der Waals surface area contributed by atoms with Crippen LogP contribution in [0.15, 0.2) is 141 Å². The lowest BCUT2D eigenvalue weighted by Crippen LogP contribution is -2.02. The van der Waals surface area contributed by atoms with Crippen LogP contribution in [0.4, 0.5) is 0 Å². The highest BCUT2D eigenvalue weighted by atomic mass is 15.0. The standard InChI is InChI=1S/C37H28N4/c1-4-12-26(5-2)35-39-36(29-13-7-6-8-14-29)41-37(40-35)31-16-11-15-30(23-31)27-19-21-28(22-20-27)34-24-38-25(3)32-17-9-10-18-33(32)34/h4-24H,1-2H2,3H3/b26-12+. The number of fused-ring (bicyclic) bond motifs is 1. The van der Waals surface area contributed by atoms with Gasteiger partial charge in [0.05, 0.1) is 0 Å². The van der Waals surface area contributed by atoms with E-state index in [1.54, 1.807) is 12.2 Å². The summed E-state index contributed by atoms with van der Waals surface area (Å²) in [6, 6.07) is 35.3. The maximum atomic E-state index is 4.86. The zero-order chi connectivity index (χ0) is 28.2. The van der Waals surface area contributed by atoms with Crippen molar-refractivity contribution in [3.63, 3.8) is 0 Å². The SMILES string of the molecule is C=C/C=C(\C=C)c1nc(-c2ccccc2)nc(-c2cccc(-c3ccc(-c4cnc(C)c5ccccc45)cc3)c2)n1. The van der Waals surface area contributed by atoms with Gasteiger partial charge in [-0.1, -0.05) is 128 Å². The van der Waals surface area contributed by atoms with E-state index in [1.807, 2.05) is 54.7 Å². The molecule has 4 heteroatoms. The van der Waals surface area contributed by atoms with Gasteiger partial charge in [0.1, 0.15) is 0 Å². The van der Waals surface area contributed by atoms with Crippen LogP contribution in [-0.2, 0) is 0 Å². The number of aryl methyl sites for hydroxylation is 1. The molecule has 41 heavy (non-hydrogen) atoms. The number of hydrogen-bond acceptors (Lipinski definition) is 4. The molecule has 2 aromatic heterocycles. The van der Waals surface area contributed by atoms with Gasteiger partial charge in [-0.3, -0.25) is 4.98 Å². The zero-order valence-electron chi connectivity index (χ0n) is 22.8. The van der Waals surface area contributed by atoms with Crippen molar-refractivity contribution >= 4 is 16.3 Å². The molecule has 0 saturated heterocycles. The molecule has 4 nitrogen and oxygen atoms in total. The third kappa shape index (κ3) is 5.23. The lowest BCUT2D eigenvalue weighted by atomic mass is 9.96. The average Bonchev–Trinajstić information content (AvgIpc) is 3.04. The molecule has 2 heterocycles. The molecule has 0 saturated carbocycles. The molecule has 0 aliphatic heterocycles. The van der Waals surface area contributed by atoms with Gasteiger partial charge in [-0.15, -0.1) is 0 Å². The summed E-state index contributed by atoms with van der Waals surface area (Å²) in [5, 5.41) is 2.38. The third-order valence-electron chi connectivity index (χ3n) is 7.09. The van der Waals surface area contributed by atoms with Crippen LogP contribution in [-0.4, -0.2) is 19.9 Å². The van der Waals surface area contributed by atoms with Gasteiger partial charge >= 0.3 is 0 Å². The number of benzene rings is 4. The molecule has 0 atom stereocenters. The molecule has 0 bridgehead atoms. The minimum atomic E-state index is 0.553. The molecular weight excluding hydrogens is 500 g/mol. The second kappa shape index (κ2) is 11.3.